The van der Waals surface area contributed by atoms with Gasteiger partial charge in [-0.15, -0.1) is 0 Å². The quantitative estimate of drug-likeness (QED) is 0.455. The Morgan fingerprint density at radius 3 is 3.20 bits per heavy atom. The Morgan fingerprint density at radius 2 is 3.00 bits per heavy atom. The van der Waals surface area contributed by atoms with E-state index in [0.29, 0.717) is 0 Å². The van der Waals surface area contributed by atoms with Gasteiger partial charge in [0.1, 0.15) is 6.26 Å². The summed E-state index contributed by atoms with van der Waals surface area (Å²) in [4.78, 5) is 3.43. The number of oxazole rings is 1. The normalized spacial score (nSPS) is 8.00. The molecule has 0 saturated heterocycles. The maximum Gasteiger partial charge on any atom is 1.00 e. The van der Waals surface area contributed by atoms with E-state index in [-0.39, 0.29) is 5.71 Å². The number of hydrogen-bond acceptors (Lipinski definition) is 2. The van der Waals surface area contributed by atoms with E-state index in [1.54, 1.807) is 0 Å². The van der Waals surface area contributed by atoms with Gasteiger partial charge in [0.25, 0.3) is 6.39 Å². The SMILES string of the molecule is [H+].[H+].[H+].[H+].[c]1ncco1. The smallest absolute Gasteiger partial charge is 0.441 e. The predicted octanol–water partition coefficient (Wildman–Crippen LogP) is 0.925. The summed E-state index contributed by atoms with van der Waals surface area (Å²) in [6, 6.07) is 0. The van der Waals surface area contributed by atoms with Crippen molar-refractivity contribution in [3.63, 3.8) is 0 Å². The monoisotopic (exact) mass is 72.0 g/mol. The average molecular weight is 72.1 g/mol. The lowest BCUT2D eigenvalue weighted by Gasteiger charge is -1.44. The Hall–Kier alpha value is -0.790. The Labute approximate surface area is 35.4 Å². The summed E-state index contributed by atoms with van der Waals surface area (Å²) >= 11 is 0. The van der Waals surface area contributed by atoms with Gasteiger partial charge in [0.05, 0.1) is 6.20 Å². The molecular formula is C3H6NO+4. The van der Waals surface area contributed by atoms with Crippen molar-refractivity contribution in [1.29, 1.82) is 0 Å². The van der Waals surface area contributed by atoms with Gasteiger partial charge in [-0.3, -0.25) is 0 Å². The third-order valence-corrected chi connectivity index (χ3v) is 0.309. The van der Waals surface area contributed by atoms with E-state index in [0.717, 1.165) is 0 Å². The largest absolute Gasteiger partial charge is 1.00 e. The first-order valence-electron chi connectivity index (χ1n) is 1.25. The molecule has 0 bridgehead atoms. The maximum absolute atomic E-state index is 4.35. The standard InChI is InChI=1S/C3H2NO/c1-2-5-3-4-1/h1-2H/p+4. The van der Waals surface area contributed by atoms with Crippen LogP contribution in [0.4, 0.5) is 0 Å². The Kier molecular flexibility index (Phi) is 0.433. The molecule has 0 fully saturated rings. The lowest BCUT2D eigenvalue weighted by molar-refractivity contribution is 0.548. The minimum Gasteiger partial charge on any atom is -0.441 e. The molecule has 0 atom stereocenters. The van der Waals surface area contributed by atoms with Gasteiger partial charge < -0.3 is 4.42 Å². The summed E-state index contributed by atoms with van der Waals surface area (Å²) in [6.45, 7) is 0. The van der Waals surface area contributed by atoms with Gasteiger partial charge >= 0.3 is 5.71 Å². The molecule has 2 heteroatoms. The van der Waals surface area contributed by atoms with E-state index >= 15 is 0 Å². The van der Waals surface area contributed by atoms with Gasteiger partial charge in [-0.05, 0) is 0 Å². The van der Waals surface area contributed by atoms with Crippen molar-refractivity contribution >= 4 is 0 Å². The van der Waals surface area contributed by atoms with Crippen LogP contribution in [0.5, 0.6) is 0 Å². The zero-order valence-corrected chi connectivity index (χ0v) is 2.51. The number of aromatic nitrogens is 1. The van der Waals surface area contributed by atoms with Crippen molar-refractivity contribution in [2.45, 2.75) is 0 Å². The second-order valence-corrected chi connectivity index (χ2v) is 0.623. The molecule has 1 aromatic rings. The van der Waals surface area contributed by atoms with E-state index in [4.69, 9.17) is 0 Å². The predicted molar refractivity (Wildman–Crippen MR) is 19.8 cm³/mol. The van der Waals surface area contributed by atoms with Gasteiger partial charge in [-0.2, -0.15) is 0 Å². The summed E-state index contributed by atoms with van der Waals surface area (Å²) < 4.78 is 4.35. The highest BCUT2D eigenvalue weighted by molar-refractivity contribution is 4.55. The van der Waals surface area contributed by atoms with E-state index in [1.807, 2.05) is 0 Å². The van der Waals surface area contributed by atoms with Crippen LogP contribution in [-0.2, 0) is 0 Å². The van der Waals surface area contributed by atoms with Crippen molar-refractivity contribution in [2.75, 3.05) is 0 Å². The van der Waals surface area contributed by atoms with Crippen LogP contribution in [0, 0.1) is 6.39 Å². The van der Waals surface area contributed by atoms with Gasteiger partial charge in [-0.25, -0.2) is 4.98 Å². The molecule has 2 nitrogen and oxygen atoms in total. The molecule has 5 heavy (non-hydrogen) atoms. The molecule has 1 heterocycles. The molecule has 1 rings (SSSR count). The fraction of sp³-hybridized carbons (Fsp3) is 0. The fourth-order valence-electron chi connectivity index (χ4n) is 0.152. The molecule has 0 aromatic carbocycles. The van der Waals surface area contributed by atoms with Gasteiger partial charge in [0, 0.05) is 0 Å². The second kappa shape index (κ2) is 0.885. The number of rotatable bonds is 0. The van der Waals surface area contributed by atoms with Crippen LogP contribution in [0.15, 0.2) is 16.9 Å². The van der Waals surface area contributed by atoms with Crippen molar-refractivity contribution in [2.24, 2.45) is 0 Å². The summed E-state index contributed by atoms with van der Waals surface area (Å²) in [5, 5.41) is 0. The second-order valence-electron chi connectivity index (χ2n) is 0.623. The van der Waals surface area contributed by atoms with Crippen molar-refractivity contribution in [1.82, 2.24) is 4.98 Å². The average Bonchev–Trinajstić information content (AvgIpc) is 1.76. The third kappa shape index (κ3) is 0.265. The molecule has 1 radical (unpaired) electrons. The fourth-order valence-corrected chi connectivity index (χ4v) is 0.152. The first-order valence-corrected chi connectivity index (χ1v) is 1.25. The first-order chi connectivity index (χ1) is 2.50. The molecule has 0 aliphatic rings. The van der Waals surface area contributed by atoms with Crippen LogP contribution >= 0.6 is 0 Å². The van der Waals surface area contributed by atoms with Crippen molar-refractivity contribution in [3.8, 4) is 0 Å². The first kappa shape index (κ1) is 2.45. The topological polar surface area (TPSA) is 26.0 Å². The highest BCUT2D eigenvalue weighted by atomic mass is 16.3. The summed E-state index contributed by atoms with van der Waals surface area (Å²) in [5.74, 6) is 0. The summed E-state index contributed by atoms with van der Waals surface area (Å²) in [7, 11) is 0. The molecule has 0 aliphatic carbocycles. The highest BCUT2D eigenvalue weighted by Crippen LogP contribution is 1.70. The Morgan fingerprint density at radius 1 is 2.00 bits per heavy atom. The Bertz CT molecular complexity index is 72.3. The van der Waals surface area contributed by atoms with Gasteiger partial charge in [-0.1, -0.05) is 0 Å². The zero-order valence-electron chi connectivity index (χ0n) is 6.51. The number of nitrogens with zero attached hydrogens (tertiary/aromatic N) is 1. The van der Waals surface area contributed by atoms with Crippen LogP contribution in [-0.4, -0.2) is 4.98 Å². The molecular weight excluding hydrogens is 66.0 g/mol. The lowest BCUT2D eigenvalue weighted by Crippen LogP contribution is -1.40. The van der Waals surface area contributed by atoms with Crippen LogP contribution in [0.3, 0.4) is 0 Å². The molecule has 0 amide bonds. The molecule has 1 aromatic heterocycles. The Balaban J connectivity index is -0.0000000312. The van der Waals surface area contributed by atoms with E-state index in [9.17, 15) is 0 Å². The minimum absolute atomic E-state index is 0. The van der Waals surface area contributed by atoms with E-state index in [2.05, 4.69) is 15.8 Å². The van der Waals surface area contributed by atoms with Crippen LogP contribution in [0.1, 0.15) is 5.71 Å². The van der Waals surface area contributed by atoms with Crippen LogP contribution < -0.4 is 0 Å². The van der Waals surface area contributed by atoms with Crippen LogP contribution in [0.25, 0.3) is 0 Å². The van der Waals surface area contributed by atoms with E-state index in [1.165, 1.54) is 12.5 Å². The van der Waals surface area contributed by atoms with Crippen molar-refractivity contribution in [3.05, 3.63) is 18.9 Å². The minimum atomic E-state index is 0. The van der Waals surface area contributed by atoms with Gasteiger partial charge in [0.2, 0.25) is 0 Å². The van der Waals surface area contributed by atoms with Crippen molar-refractivity contribution < 1.29 is 10.1 Å². The zero-order chi connectivity index (χ0) is 3.54. The molecule has 0 aliphatic heterocycles. The maximum atomic E-state index is 4.35. The number of hydrogen-bond donors (Lipinski definition) is 0. The third-order valence-electron chi connectivity index (χ3n) is 0.309. The van der Waals surface area contributed by atoms with E-state index < -0.39 is 0 Å². The molecule has 0 unspecified atom stereocenters. The molecule has 25 valence electrons. The summed E-state index contributed by atoms with van der Waals surface area (Å²) in [5.41, 5.74) is 0. The highest BCUT2D eigenvalue weighted by Gasteiger charge is 1.62. The lowest BCUT2D eigenvalue weighted by atomic mass is 11.0. The molecule has 0 spiro atoms. The molecule has 0 N–H and O–H groups in total. The van der Waals surface area contributed by atoms with Gasteiger partial charge in [0.15, 0.2) is 0 Å². The van der Waals surface area contributed by atoms with Crippen LogP contribution in [0.2, 0.25) is 0 Å². The molecule has 0 saturated carbocycles. The summed E-state index contributed by atoms with van der Waals surface area (Å²) in [6.07, 6.45) is 5.22.